The first kappa shape index (κ1) is 23.5. The number of amides is 1. The Kier molecular flexibility index (Phi) is 7.49. The van der Waals surface area contributed by atoms with Crippen LogP contribution in [-0.2, 0) is 19.5 Å². The van der Waals surface area contributed by atoms with Gasteiger partial charge in [-0.3, -0.25) is 4.79 Å². The van der Waals surface area contributed by atoms with Gasteiger partial charge >= 0.3 is 0 Å². The summed E-state index contributed by atoms with van der Waals surface area (Å²) in [5, 5.41) is 2.76. The molecule has 2 aliphatic heterocycles. The standard InChI is InChI=1S/C23H28N2O7S/c1-29-22-9-8-20(33(27,28)25-10-13-30-14-11-25)15-21(22)24-23(26)17-4-6-18(7-5-17)32-16-19-3-2-12-31-19/h4-9,15,19H,2-3,10-14,16H2,1H3,(H,24,26). The van der Waals surface area contributed by atoms with Crippen molar-refractivity contribution in [2.75, 3.05) is 51.9 Å². The monoisotopic (exact) mass is 476 g/mol. The number of anilines is 1. The quantitative estimate of drug-likeness (QED) is 0.624. The van der Waals surface area contributed by atoms with Crippen LogP contribution in [0.25, 0.3) is 0 Å². The van der Waals surface area contributed by atoms with Gasteiger partial charge in [-0.2, -0.15) is 4.31 Å². The average Bonchev–Trinajstić information content (AvgIpc) is 3.37. The molecule has 2 fully saturated rings. The number of carbonyl (C=O) groups excluding carboxylic acids is 1. The highest BCUT2D eigenvalue weighted by molar-refractivity contribution is 7.89. The number of methoxy groups -OCH3 is 1. The molecule has 0 radical (unpaired) electrons. The number of hydrogen-bond acceptors (Lipinski definition) is 7. The number of benzene rings is 2. The SMILES string of the molecule is COc1ccc(S(=O)(=O)N2CCOCC2)cc1NC(=O)c1ccc(OCC2CCCO2)cc1. The lowest BCUT2D eigenvalue weighted by Gasteiger charge is -2.26. The second-order valence-electron chi connectivity index (χ2n) is 7.80. The van der Waals surface area contributed by atoms with Gasteiger partial charge in [0.05, 0.1) is 37.0 Å². The van der Waals surface area contributed by atoms with Gasteiger partial charge in [0, 0.05) is 25.3 Å². The first-order chi connectivity index (χ1) is 16.0. The first-order valence-corrected chi connectivity index (χ1v) is 12.3. The lowest BCUT2D eigenvalue weighted by molar-refractivity contribution is 0.0679. The molecule has 2 aromatic carbocycles. The van der Waals surface area contributed by atoms with E-state index in [1.807, 2.05) is 0 Å². The molecule has 178 valence electrons. The molecule has 0 aliphatic carbocycles. The molecule has 10 heteroatoms. The van der Waals surface area contributed by atoms with E-state index < -0.39 is 10.0 Å². The number of nitrogens with one attached hydrogen (secondary N) is 1. The van der Waals surface area contributed by atoms with Gasteiger partial charge in [0.25, 0.3) is 5.91 Å². The Bertz CT molecular complexity index is 1060. The summed E-state index contributed by atoms with van der Waals surface area (Å²) >= 11 is 0. The van der Waals surface area contributed by atoms with E-state index in [1.54, 1.807) is 24.3 Å². The Labute approximate surface area is 193 Å². The molecule has 2 aliphatic rings. The normalized spacial score (nSPS) is 19.2. The van der Waals surface area contributed by atoms with Gasteiger partial charge in [0.2, 0.25) is 10.0 Å². The Hall–Kier alpha value is -2.66. The van der Waals surface area contributed by atoms with Crippen LogP contribution in [0, 0.1) is 0 Å². The molecule has 0 spiro atoms. The second-order valence-corrected chi connectivity index (χ2v) is 9.74. The maximum absolute atomic E-state index is 13.0. The van der Waals surface area contributed by atoms with Gasteiger partial charge in [-0.15, -0.1) is 0 Å². The topological polar surface area (TPSA) is 103 Å². The number of ether oxygens (including phenoxy) is 4. The summed E-state index contributed by atoms with van der Waals surface area (Å²) in [6.45, 7) is 2.53. The largest absolute Gasteiger partial charge is 0.495 e. The van der Waals surface area contributed by atoms with E-state index in [9.17, 15) is 13.2 Å². The molecule has 33 heavy (non-hydrogen) atoms. The van der Waals surface area contributed by atoms with Crippen molar-refractivity contribution in [2.45, 2.75) is 23.8 Å². The van der Waals surface area contributed by atoms with Crippen molar-refractivity contribution in [2.24, 2.45) is 0 Å². The van der Waals surface area contributed by atoms with E-state index in [0.717, 1.165) is 19.4 Å². The Balaban J connectivity index is 1.45. The number of rotatable bonds is 8. The van der Waals surface area contributed by atoms with Gasteiger partial charge in [-0.05, 0) is 55.3 Å². The molecular weight excluding hydrogens is 448 g/mol. The highest BCUT2D eigenvalue weighted by Gasteiger charge is 2.27. The molecule has 2 saturated heterocycles. The fourth-order valence-electron chi connectivity index (χ4n) is 3.74. The molecule has 4 rings (SSSR count). The van der Waals surface area contributed by atoms with Crippen LogP contribution in [-0.4, -0.2) is 71.4 Å². The van der Waals surface area contributed by atoms with E-state index in [4.69, 9.17) is 18.9 Å². The Morgan fingerprint density at radius 2 is 1.88 bits per heavy atom. The van der Waals surface area contributed by atoms with Crippen LogP contribution in [0.4, 0.5) is 5.69 Å². The first-order valence-electron chi connectivity index (χ1n) is 10.9. The third-order valence-corrected chi connectivity index (χ3v) is 7.50. The zero-order chi connectivity index (χ0) is 23.3. The molecule has 1 unspecified atom stereocenters. The van der Waals surface area contributed by atoms with Crippen LogP contribution >= 0.6 is 0 Å². The van der Waals surface area contributed by atoms with Crippen molar-refractivity contribution < 1.29 is 32.2 Å². The zero-order valence-electron chi connectivity index (χ0n) is 18.5. The molecule has 9 nitrogen and oxygen atoms in total. The Morgan fingerprint density at radius 1 is 1.12 bits per heavy atom. The summed E-state index contributed by atoms with van der Waals surface area (Å²) in [5.41, 5.74) is 0.679. The molecule has 0 saturated carbocycles. The lowest BCUT2D eigenvalue weighted by atomic mass is 10.2. The van der Waals surface area contributed by atoms with E-state index in [-0.39, 0.29) is 35.7 Å². The summed E-state index contributed by atoms with van der Waals surface area (Å²) in [7, 11) is -2.25. The van der Waals surface area contributed by atoms with E-state index in [2.05, 4.69) is 5.32 Å². The minimum Gasteiger partial charge on any atom is -0.495 e. The predicted octanol–water partition coefficient (Wildman–Crippen LogP) is 2.53. The fraction of sp³-hybridized carbons (Fsp3) is 0.435. The van der Waals surface area contributed by atoms with Gasteiger partial charge in [-0.25, -0.2) is 8.42 Å². The second kappa shape index (κ2) is 10.5. The minimum atomic E-state index is -3.71. The summed E-state index contributed by atoms with van der Waals surface area (Å²) in [4.78, 5) is 12.9. The fourth-order valence-corrected chi connectivity index (χ4v) is 5.18. The number of nitrogens with zero attached hydrogens (tertiary/aromatic N) is 1. The van der Waals surface area contributed by atoms with Crippen molar-refractivity contribution in [3.05, 3.63) is 48.0 Å². The smallest absolute Gasteiger partial charge is 0.255 e. The molecule has 2 aromatic rings. The van der Waals surface area contributed by atoms with Crippen molar-refractivity contribution >= 4 is 21.6 Å². The third kappa shape index (κ3) is 5.64. The van der Waals surface area contributed by atoms with E-state index in [1.165, 1.54) is 29.6 Å². The number of sulfonamides is 1. The number of hydrogen-bond donors (Lipinski definition) is 1. The summed E-state index contributed by atoms with van der Waals surface area (Å²) in [6, 6.07) is 11.2. The van der Waals surface area contributed by atoms with Gasteiger partial charge in [-0.1, -0.05) is 0 Å². The highest BCUT2D eigenvalue weighted by Crippen LogP contribution is 2.30. The summed E-state index contributed by atoms with van der Waals surface area (Å²) in [5.74, 6) is 0.624. The van der Waals surface area contributed by atoms with Crippen LogP contribution < -0.4 is 14.8 Å². The molecule has 0 aromatic heterocycles. The van der Waals surface area contributed by atoms with Crippen molar-refractivity contribution in [1.29, 1.82) is 0 Å². The molecule has 0 bridgehead atoms. The van der Waals surface area contributed by atoms with Gasteiger partial charge in [0.15, 0.2) is 0 Å². The van der Waals surface area contributed by atoms with Crippen LogP contribution in [0.1, 0.15) is 23.2 Å². The zero-order valence-corrected chi connectivity index (χ0v) is 19.3. The summed E-state index contributed by atoms with van der Waals surface area (Å²) in [6.07, 6.45) is 2.15. The predicted molar refractivity (Wildman–Crippen MR) is 121 cm³/mol. The van der Waals surface area contributed by atoms with Crippen LogP contribution in [0.2, 0.25) is 0 Å². The average molecular weight is 477 g/mol. The van der Waals surface area contributed by atoms with Crippen LogP contribution in [0.5, 0.6) is 11.5 Å². The van der Waals surface area contributed by atoms with Crippen molar-refractivity contribution in [1.82, 2.24) is 4.31 Å². The third-order valence-electron chi connectivity index (χ3n) is 5.60. The van der Waals surface area contributed by atoms with Crippen molar-refractivity contribution in [3.63, 3.8) is 0 Å². The maximum atomic E-state index is 13.0. The Morgan fingerprint density at radius 3 is 2.55 bits per heavy atom. The lowest BCUT2D eigenvalue weighted by Crippen LogP contribution is -2.40. The number of carbonyl (C=O) groups is 1. The van der Waals surface area contributed by atoms with Crippen molar-refractivity contribution in [3.8, 4) is 11.5 Å². The molecule has 1 amide bonds. The van der Waals surface area contributed by atoms with Crippen LogP contribution in [0.15, 0.2) is 47.4 Å². The van der Waals surface area contributed by atoms with Gasteiger partial charge < -0.3 is 24.3 Å². The molecule has 1 atom stereocenters. The summed E-state index contributed by atoms with van der Waals surface area (Å²) < 4.78 is 49.2. The maximum Gasteiger partial charge on any atom is 0.255 e. The molecule has 2 heterocycles. The van der Waals surface area contributed by atoms with Gasteiger partial charge in [0.1, 0.15) is 18.1 Å². The van der Waals surface area contributed by atoms with E-state index >= 15 is 0 Å². The minimum absolute atomic E-state index is 0.0818. The molecular formula is C23H28N2O7S. The van der Waals surface area contributed by atoms with Crippen LogP contribution in [0.3, 0.4) is 0 Å². The number of morpholine rings is 1. The highest BCUT2D eigenvalue weighted by atomic mass is 32.2. The van der Waals surface area contributed by atoms with E-state index in [0.29, 0.717) is 36.9 Å². The molecule has 1 N–H and O–H groups in total.